The molecule has 1 unspecified atom stereocenters. The van der Waals surface area contributed by atoms with Gasteiger partial charge in [0, 0.05) is 30.1 Å². The molecule has 1 atom stereocenters. The highest BCUT2D eigenvalue weighted by molar-refractivity contribution is 6.09. The molecule has 4 aromatic rings. The van der Waals surface area contributed by atoms with Crippen molar-refractivity contribution in [3.8, 4) is 0 Å². The number of aromatic nitrogens is 2. The predicted octanol–water partition coefficient (Wildman–Crippen LogP) is 3.84. The lowest BCUT2D eigenvalue weighted by Gasteiger charge is -2.23. The molecule has 1 amide bonds. The summed E-state index contributed by atoms with van der Waals surface area (Å²) in [4.78, 5) is 32.4. The Bertz CT molecular complexity index is 1470. The van der Waals surface area contributed by atoms with Crippen molar-refractivity contribution in [2.75, 3.05) is 4.90 Å². The van der Waals surface area contributed by atoms with E-state index in [1.807, 2.05) is 0 Å². The zero-order valence-corrected chi connectivity index (χ0v) is 16.3. The molecular formula is C22H14F3N3O4. The minimum Gasteiger partial charge on any atom is -0.464 e. The Hall–Kier alpha value is -3.82. The smallest absolute Gasteiger partial charge is 0.449 e. The number of hydrogen-bond donors (Lipinski definition) is 0. The fourth-order valence-corrected chi connectivity index (χ4v) is 4.84. The number of furan rings is 2. The molecule has 6 rings (SSSR count). The monoisotopic (exact) mass is 441 g/mol. The number of rotatable bonds is 2. The second-order valence-corrected chi connectivity index (χ2v) is 7.87. The highest BCUT2D eigenvalue weighted by Crippen LogP contribution is 2.51. The van der Waals surface area contributed by atoms with E-state index in [-0.39, 0.29) is 23.8 Å². The van der Waals surface area contributed by atoms with Gasteiger partial charge in [-0.05, 0) is 30.7 Å². The molecule has 0 fully saturated rings. The van der Waals surface area contributed by atoms with Crippen molar-refractivity contribution in [2.45, 2.75) is 31.1 Å². The van der Waals surface area contributed by atoms with Crippen molar-refractivity contribution in [3.05, 3.63) is 82.0 Å². The van der Waals surface area contributed by atoms with E-state index < -0.39 is 17.4 Å². The summed E-state index contributed by atoms with van der Waals surface area (Å²) in [5.74, 6) is -1.18. The average molecular weight is 441 g/mol. The molecule has 4 aromatic heterocycles. The van der Waals surface area contributed by atoms with E-state index in [2.05, 4.69) is 4.98 Å². The van der Waals surface area contributed by atoms with Gasteiger partial charge in [0.1, 0.15) is 22.6 Å². The number of carbonyl (C=O) groups is 1. The van der Waals surface area contributed by atoms with Gasteiger partial charge in [0.05, 0.1) is 18.2 Å². The Morgan fingerprint density at radius 3 is 2.78 bits per heavy atom. The summed E-state index contributed by atoms with van der Waals surface area (Å²) in [6, 6.07) is 8.76. The number of carbonyl (C=O) groups excluding carboxylic acids is 1. The van der Waals surface area contributed by atoms with Crippen LogP contribution in [0.3, 0.4) is 0 Å². The topological polar surface area (TPSA) is 81.5 Å². The Labute approximate surface area is 177 Å². The number of fused-ring (bicyclic) bond motifs is 5. The van der Waals surface area contributed by atoms with Crippen molar-refractivity contribution in [2.24, 2.45) is 0 Å². The first kappa shape index (κ1) is 18.9. The first-order valence-corrected chi connectivity index (χ1v) is 9.85. The molecule has 10 heteroatoms. The van der Waals surface area contributed by atoms with Crippen LogP contribution < -0.4 is 10.5 Å². The van der Waals surface area contributed by atoms with Gasteiger partial charge in [-0.2, -0.15) is 13.2 Å². The Balaban J connectivity index is 1.50. The maximum Gasteiger partial charge on any atom is 0.449 e. The Morgan fingerprint density at radius 2 is 2.00 bits per heavy atom. The summed E-state index contributed by atoms with van der Waals surface area (Å²) in [5.41, 5.74) is 0.0374. The van der Waals surface area contributed by atoms with Gasteiger partial charge < -0.3 is 13.4 Å². The summed E-state index contributed by atoms with van der Waals surface area (Å²) < 4.78 is 50.8. The van der Waals surface area contributed by atoms with Gasteiger partial charge in [0.2, 0.25) is 11.7 Å². The number of hydrogen-bond acceptors (Lipinski definition) is 5. The molecule has 6 heterocycles. The maximum atomic E-state index is 13.8. The molecule has 7 nitrogen and oxygen atoms in total. The lowest BCUT2D eigenvalue weighted by molar-refractivity contribution is -0.153. The zero-order valence-electron chi connectivity index (χ0n) is 16.3. The maximum absolute atomic E-state index is 13.8. The highest BCUT2D eigenvalue weighted by Gasteiger charge is 2.57. The quantitative estimate of drug-likeness (QED) is 0.472. The minimum atomic E-state index is -4.62. The first-order valence-electron chi connectivity index (χ1n) is 9.85. The molecule has 0 radical (unpaired) electrons. The molecule has 0 bridgehead atoms. The molecule has 0 saturated carbocycles. The summed E-state index contributed by atoms with van der Waals surface area (Å²) >= 11 is 0. The highest BCUT2D eigenvalue weighted by atomic mass is 19.4. The van der Waals surface area contributed by atoms with E-state index in [1.54, 1.807) is 28.8 Å². The number of pyridine rings is 2. The van der Waals surface area contributed by atoms with E-state index in [9.17, 15) is 22.8 Å². The predicted molar refractivity (Wildman–Crippen MR) is 105 cm³/mol. The van der Waals surface area contributed by atoms with Crippen LogP contribution in [-0.2, 0) is 29.5 Å². The molecule has 2 aliphatic heterocycles. The van der Waals surface area contributed by atoms with E-state index in [4.69, 9.17) is 8.83 Å². The Morgan fingerprint density at radius 1 is 1.16 bits per heavy atom. The lowest BCUT2D eigenvalue weighted by atomic mass is 9.78. The zero-order chi connectivity index (χ0) is 22.3. The van der Waals surface area contributed by atoms with E-state index in [1.165, 1.54) is 23.4 Å². The van der Waals surface area contributed by atoms with Crippen LogP contribution in [0.1, 0.15) is 29.2 Å². The van der Waals surface area contributed by atoms with Gasteiger partial charge in [-0.3, -0.25) is 14.5 Å². The number of nitrogens with zero attached hydrogens (tertiary/aromatic N) is 3. The van der Waals surface area contributed by atoms with Gasteiger partial charge in [-0.1, -0.05) is 6.07 Å². The largest absolute Gasteiger partial charge is 0.464 e. The molecule has 0 saturated heterocycles. The fraction of sp³-hybridized carbons (Fsp3) is 0.227. The van der Waals surface area contributed by atoms with Gasteiger partial charge in [-0.25, -0.2) is 4.98 Å². The molecule has 32 heavy (non-hydrogen) atoms. The van der Waals surface area contributed by atoms with Crippen molar-refractivity contribution in [1.29, 1.82) is 0 Å². The first-order chi connectivity index (χ1) is 15.3. The molecule has 1 spiro atoms. The fourth-order valence-electron chi connectivity index (χ4n) is 4.84. The number of alkyl halides is 3. The molecular weight excluding hydrogens is 427 g/mol. The third-order valence-corrected chi connectivity index (χ3v) is 6.24. The van der Waals surface area contributed by atoms with Crippen molar-refractivity contribution >= 4 is 22.7 Å². The van der Waals surface area contributed by atoms with E-state index >= 15 is 0 Å². The normalized spacial score (nSPS) is 19.8. The summed E-state index contributed by atoms with van der Waals surface area (Å²) in [6.07, 6.45) is -1.36. The molecule has 0 aromatic carbocycles. The summed E-state index contributed by atoms with van der Waals surface area (Å²) in [6.45, 7) is 0.107. The van der Waals surface area contributed by atoms with Crippen LogP contribution in [0.5, 0.6) is 0 Å². The third kappa shape index (κ3) is 2.34. The van der Waals surface area contributed by atoms with Crippen LogP contribution in [-0.4, -0.2) is 15.5 Å². The second-order valence-electron chi connectivity index (χ2n) is 7.87. The van der Waals surface area contributed by atoms with Gasteiger partial charge in [0.15, 0.2) is 0 Å². The van der Waals surface area contributed by atoms with Crippen LogP contribution in [0, 0.1) is 0 Å². The molecule has 0 N–H and O–H groups in total. The van der Waals surface area contributed by atoms with E-state index in [0.717, 1.165) is 6.07 Å². The number of halogens is 3. The van der Waals surface area contributed by atoms with Gasteiger partial charge in [-0.15, -0.1) is 0 Å². The SMILES string of the molecule is O=C1N(Cc2ccc(C(F)(F)F)o2)c2ncccc2C12CCn1c2cc2occc2c1=O. The molecule has 2 aliphatic rings. The van der Waals surface area contributed by atoms with Gasteiger partial charge >= 0.3 is 6.18 Å². The second kappa shape index (κ2) is 6.12. The molecule has 0 aliphatic carbocycles. The molecule has 162 valence electrons. The number of amides is 1. The van der Waals surface area contributed by atoms with Crippen molar-refractivity contribution in [3.63, 3.8) is 0 Å². The van der Waals surface area contributed by atoms with Crippen LogP contribution in [0.4, 0.5) is 19.0 Å². The van der Waals surface area contributed by atoms with E-state index in [0.29, 0.717) is 41.0 Å². The summed E-state index contributed by atoms with van der Waals surface area (Å²) in [5, 5.41) is 0.426. The Kier molecular flexibility index (Phi) is 3.62. The van der Waals surface area contributed by atoms with Crippen LogP contribution >= 0.6 is 0 Å². The van der Waals surface area contributed by atoms with Crippen molar-refractivity contribution in [1.82, 2.24) is 9.55 Å². The standard InChI is InChI=1S/C22H14F3N3O4/c23-22(24,25)17-4-3-12(32-17)11-28-18-14(2-1-7-26-18)21(20(28)30)6-8-27-16(21)10-15-13(19(27)29)5-9-31-15/h1-5,7,9-10H,6,8,11H2. The van der Waals surface area contributed by atoms with Crippen LogP contribution in [0.15, 0.2) is 62.5 Å². The summed E-state index contributed by atoms with van der Waals surface area (Å²) in [7, 11) is 0. The lowest BCUT2D eigenvalue weighted by Crippen LogP contribution is -2.40. The van der Waals surface area contributed by atoms with Crippen LogP contribution in [0.25, 0.3) is 11.0 Å². The van der Waals surface area contributed by atoms with Gasteiger partial charge in [0.25, 0.3) is 5.56 Å². The minimum absolute atomic E-state index is 0.0174. The van der Waals surface area contributed by atoms with Crippen molar-refractivity contribution < 1.29 is 26.8 Å². The third-order valence-electron chi connectivity index (χ3n) is 6.24. The number of anilines is 1. The van der Waals surface area contributed by atoms with Crippen LogP contribution in [0.2, 0.25) is 0 Å². The average Bonchev–Trinajstić information content (AvgIpc) is 3.53.